The molecule has 1 aromatic rings. The largest absolute Gasteiger partial charge is 0.398 e. The Labute approximate surface area is 103 Å². The molecular formula is C11H15BrN2O2. The summed E-state index contributed by atoms with van der Waals surface area (Å²) in [5, 5.41) is 11.5. The minimum atomic E-state index is -0.271. The summed E-state index contributed by atoms with van der Waals surface area (Å²) < 4.78 is 0.761. The maximum absolute atomic E-state index is 11.8. The van der Waals surface area contributed by atoms with Gasteiger partial charge in [0.05, 0.1) is 6.61 Å². The highest BCUT2D eigenvalue weighted by molar-refractivity contribution is 9.10. The van der Waals surface area contributed by atoms with Crippen LogP contribution in [0.3, 0.4) is 0 Å². The third-order valence-corrected chi connectivity index (χ3v) is 2.77. The lowest BCUT2D eigenvalue weighted by atomic mass is 10.1. The molecule has 1 atom stereocenters. The molecule has 1 rings (SSSR count). The standard InChI is InChI=1S/C11H15BrN2O2/c1-6(5-15)14-11(16)9-3-8(12)4-10(13)7(9)2/h3-4,6,15H,5,13H2,1-2H3,(H,14,16)/t6-/m0/s1. The number of aliphatic hydroxyl groups excluding tert-OH is 1. The van der Waals surface area contributed by atoms with E-state index in [1.165, 1.54) is 0 Å². The van der Waals surface area contributed by atoms with Gasteiger partial charge in [0.25, 0.3) is 5.91 Å². The van der Waals surface area contributed by atoms with Crippen molar-refractivity contribution in [3.05, 3.63) is 27.7 Å². The number of amides is 1. The average molecular weight is 287 g/mol. The van der Waals surface area contributed by atoms with E-state index in [-0.39, 0.29) is 18.6 Å². The first-order chi connectivity index (χ1) is 7.45. The van der Waals surface area contributed by atoms with E-state index < -0.39 is 0 Å². The number of nitrogens with two attached hydrogens (primary N) is 1. The van der Waals surface area contributed by atoms with Crippen molar-refractivity contribution in [2.45, 2.75) is 19.9 Å². The summed E-state index contributed by atoms with van der Waals surface area (Å²) >= 11 is 3.29. The van der Waals surface area contributed by atoms with Gasteiger partial charge in [-0.3, -0.25) is 4.79 Å². The van der Waals surface area contributed by atoms with Crippen molar-refractivity contribution < 1.29 is 9.90 Å². The molecule has 4 N–H and O–H groups in total. The van der Waals surface area contributed by atoms with Gasteiger partial charge in [0.1, 0.15) is 0 Å². The lowest BCUT2D eigenvalue weighted by molar-refractivity contribution is 0.0921. The van der Waals surface area contributed by atoms with E-state index in [9.17, 15) is 4.79 Å². The van der Waals surface area contributed by atoms with E-state index >= 15 is 0 Å². The van der Waals surface area contributed by atoms with Crippen molar-refractivity contribution in [1.29, 1.82) is 0 Å². The number of hydrogen-bond donors (Lipinski definition) is 3. The molecule has 4 nitrogen and oxygen atoms in total. The van der Waals surface area contributed by atoms with E-state index in [4.69, 9.17) is 10.8 Å². The predicted molar refractivity (Wildman–Crippen MR) is 67.3 cm³/mol. The van der Waals surface area contributed by atoms with Crippen molar-refractivity contribution in [3.63, 3.8) is 0 Å². The molecule has 16 heavy (non-hydrogen) atoms. The maximum Gasteiger partial charge on any atom is 0.251 e. The first kappa shape index (κ1) is 13.0. The lowest BCUT2D eigenvalue weighted by Crippen LogP contribution is -2.35. The summed E-state index contributed by atoms with van der Waals surface area (Å²) in [5.74, 6) is -0.230. The van der Waals surface area contributed by atoms with Gasteiger partial charge in [-0.15, -0.1) is 0 Å². The number of hydrogen-bond acceptors (Lipinski definition) is 3. The Bertz CT molecular complexity index is 407. The van der Waals surface area contributed by atoms with Crippen LogP contribution in [0.5, 0.6) is 0 Å². The Kier molecular flexibility index (Phi) is 4.32. The fraction of sp³-hybridized carbons (Fsp3) is 0.364. The van der Waals surface area contributed by atoms with E-state index in [2.05, 4.69) is 21.2 Å². The van der Waals surface area contributed by atoms with Gasteiger partial charge in [0, 0.05) is 21.8 Å². The zero-order chi connectivity index (χ0) is 12.3. The fourth-order valence-corrected chi connectivity index (χ4v) is 1.76. The average Bonchev–Trinajstić information content (AvgIpc) is 2.22. The van der Waals surface area contributed by atoms with E-state index in [1.54, 1.807) is 26.0 Å². The molecule has 0 aliphatic rings. The molecule has 1 amide bonds. The van der Waals surface area contributed by atoms with Gasteiger partial charge in [0.15, 0.2) is 0 Å². The van der Waals surface area contributed by atoms with Gasteiger partial charge in [-0.2, -0.15) is 0 Å². The summed E-state index contributed by atoms with van der Waals surface area (Å²) in [6.07, 6.45) is 0. The number of anilines is 1. The van der Waals surface area contributed by atoms with Gasteiger partial charge in [-0.25, -0.2) is 0 Å². The minimum Gasteiger partial charge on any atom is -0.398 e. The molecule has 0 aliphatic heterocycles. The van der Waals surface area contributed by atoms with E-state index in [1.807, 2.05) is 0 Å². The highest BCUT2D eigenvalue weighted by Gasteiger charge is 2.13. The van der Waals surface area contributed by atoms with Gasteiger partial charge in [-0.05, 0) is 31.5 Å². The maximum atomic E-state index is 11.8. The van der Waals surface area contributed by atoms with Crippen LogP contribution in [-0.4, -0.2) is 23.7 Å². The molecule has 5 heteroatoms. The number of aliphatic hydroxyl groups is 1. The fourth-order valence-electron chi connectivity index (χ4n) is 1.28. The molecule has 0 radical (unpaired) electrons. The molecule has 0 fully saturated rings. The quantitative estimate of drug-likeness (QED) is 0.736. The second-order valence-electron chi connectivity index (χ2n) is 3.72. The van der Waals surface area contributed by atoms with Crippen LogP contribution in [0.4, 0.5) is 5.69 Å². The van der Waals surface area contributed by atoms with Crippen LogP contribution in [0.2, 0.25) is 0 Å². The second-order valence-corrected chi connectivity index (χ2v) is 4.64. The number of halogens is 1. The van der Waals surface area contributed by atoms with Crippen molar-refractivity contribution in [2.24, 2.45) is 0 Å². The lowest BCUT2D eigenvalue weighted by Gasteiger charge is -2.13. The van der Waals surface area contributed by atoms with Crippen LogP contribution in [0, 0.1) is 6.92 Å². The molecule has 0 spiro atoms. The van der Waals surface area contributed by atoms with E-state index in [0.29, 0.717) is 11.3 Å². The van der Waals surface area contributed by atoms with Gasteiger partial charge < -0.3 is 16.2 Å². The summed E-state index contributed by atoms with van der Waals surface area (Å²) in [6.45, 7) is 3.43. The molecule has 0 saturated carbocycles. The van der Waals surface area contributed by atoms with Crippen LogP contribution in [-0.2, 0) is 0 Å². The smallest absolute Gasteiger partial charge is 0.251 e. The van der Waals surface area contributed by atoms with Gasteiger partial charge in [-0.1, -0.05) is 15.9 Å². The Balaban J connectivity index is 2.99. The first-order valence-electron chi connectivity index (χ1n) is 4.93. The summed E-state index contributed by atoms with van der Waals surface area (Å²) in [4.78, 5) is 11.8. The first-order valence-corrected chi connectivity index (χ1v) is 5.72. The Hall–Kier alpha value is -1.07. The van der Waals surface area contributed by atoms with Crippen molar-refractivity contribution in [3.8, 4) is 0 Å². The number of nitrogens with one attached hydrogen (secondary N) is 1. The third-order valence-electron chi connectivity index (χ3n) is 2.31. The third kappa shape index (κ3) is 2.96. The summed E-state index contributed by atoms with van der Waals surface area (Å²) in [6, 6.07) is 3.19. The zero-order valence-electron chi connectivity index (χ0n) is 9.25. The zero-order valence-corrected chi connectivity index (χ0v) is 10.8. The summed E-state index contributed by atoms with van der Waals surface area (Å²) in [7, 11) is 0. The number of carbonyl (C=O) groups excluding carboxylic acids is 1. The molecular weight excluding hydrogens is 272 g/mol. The van der Waals surface area contributed by atoms with Crippen LogP contribution in [0.1, 0.15) is 22.8 Å². The summed E-state index contributed by atoms with van der Waals surface area (Å²) in [5.41, 5.74) is 7.59. The molecule has 0 aromatic heterocycles. The molecule has 0 heterocycles. The topological polar surface area (TPSA) is 75.4 Å². The Morgan fingerprint density at radius 3 is 2.81 bits per heavy atom. The van der Waals surface area contributed by atoms with Gasteiger partial charge >= 0.3 is 0 Å². The molecule has 88 valence electrons. The van der Waals surface area contributed by atoms with Crippen LogP contribution in [0.15, 0.2) is 16.6 Å². The highest BCUT2D eigenvalue weighted by Crippen LogP contribution is 2.22. The van der Waals surface area contributed by atoms with Crippen molar-refractivity contribution in [1.82, 2.24) is 5.32 Å². The van der Waals surface area contributed by atoms with Crippen molar-refractivity contribution >= 4 is 27.5 Å². The highest BCUT2D eigenvalue weighted by atomic mass is 79.9. The number of rotatable bonds is 3. The van der Waals surface area contributed by atoms with E-state index in [0.717, 1.165) is 10.0 Å². The Morgan fingerprint density at radius 2 is 2.25 bits per heavy atom. The minimum absolute atomic E-state index is 0.0890. The second kappa shape index (κ2) is 5.32. The molecule has 0 unspecified atom stereocenters. The van der Waals surface area contributed by atoms with Crippen molar-refractivity contribution in [2.75, 3.05) is 12.3 Å². The van der Waals surface area contributed by atoms with Gasteiger partial charge in [0.2, 0.25) is 0 Å². The predicted octanol–water partition coefficient (Wildman–Crippen LogP) is 1.45. The monoisotopic (exact) mass is 286 g/mol. The molecule has 0 saturated heterocycles. The Morgan fingerprint density at radius 1 is 1.62 bits per heavy atom. The number of carbonyl (C=O) groups is 1. The SMILES string of the molecule is Cc1c(N)cc(Br)cc1C(=O)N[C@@H](C)CO. The van der Waals surface area contributed by atoms with Crippen LogP contribution < -0.4 is 11.1 Å². The number of benzene rings is 1. The molecule has 0 aliphatic carbocycles. The molecule has 0 bridgehead atoms. The molecule has 1 aromatic carbocycles. The number of nitrogen functional groups attached to an aromatic ring is 1. The van der Waals surface area contributed by atoms with Crippen LogP contribution >= 0.6 is 15.9 Å². The normalized spacial score (nSPS) is 12.2. The van der Waals surface area contributed by atoms with Crippen LogP contribution in [0.25, 0.3) is 0 Å².